The largest absolute Gasteiger partial charge is 0.427 e. The van der Waals surface area contributed by atoms with Crippen LogP contribution in [0.5, 0.6) is 5.75 Å². The minimum Gasteiger partial charge on any atom is -0.427 e. The number of hydrogen-bond acceptors (Lipinski definition) is 6. The molecule has 0 unspecified atom stereocenters. The van der Waals surface area contributed by atoms with Crippen LogP contribution in [0.3, 0.4) is 0 Å². The van der Waals surface area contributed by atoms with Crippen LogP contribution in [0.4, 0.5) is 11.4 Å². The minimum absolute atomic E-state index is 0.0483. The zero-order valence-corrected chi connectivity index (χ0v) is 18.7. The highest BCUT2D eigenvalue weighted by atomic mass is 16.5. The normalized spacial score (nSPS) is 12.2. The van der Waals surface area contributed by atoms with Gasteiger partial charge in [-0.15, -0.1) is 0 Å². The number of carbonyl (C=O) groups excluding carboxylic acids is 5. The van der Waals surface area contributed by atoms with Gasteiger partial charge in [0.05, 0.1) is 11.1 Å². The molecule has 3 aromatic rings. The van der Waals surface area contributed by atoms with Crippen molar-refractivity contribution in [3.63, 3.8) is 0 Å². The molecule has 0 bridgehead atoms. The SMILES string of the molecule is CC(=O)Oc1cccc(C(=O)Nc2cccc(NC(=O)CCN3C(=O)c4ccccc4C3=O)c2)c1. The van der Waals surface area contributed by atoms with Gasteiger partial charge in [0.1, 0.15) is 5.75 Å². The molecule has 4 rings (SSSR count). The van der Waals surface area contributed by atoms with E-state index in [1.807, 2.05) is 0 Å². The Morgan fingerprint density at radius 1 is 0.800 bits per heavy atom. The summed E-state index contributed by atoms with van der Waals surface area (Å²) < 4.78 is 5.00. The second kappa shape index (κ2) is 10.0. The van der Waals surface area contributed by atoms with Crippen LogP contribution in [0.1, 0.15) is 44.4 Å². The fraction of sp³-hybridized carbons (Fsp3) is 0.115. The van der Waals surface area contributed by atoms with Crippen LogP contribution in [0, 0.1) is 0 Å². The van der Waals surface area contributed by atoms with Gasteiger partial charge in [-0.1, -0.05) is 24.3 Å². The Morgan fingerprint density at radius 3 is 2.09 bits per heavy atom. The van der Waals surface area contributed by atoms with Gasteiger partial charge < -0.3 is 15.4 Å². The first-order valence-corrected chi connectivity index (χ1v) is 10.8. The van der Waals surface area contributed by atoms with E-state index in [0.29, 0.717) is 28.1 Å². The Kier molecular flexibility index (Phi) is 6.68. The van der Waals surface area contributed by atoms with Gasteiger partial charge in [-0.3, -0.25) is 28.9 Å². The first-order valence-electron chi connectivity index (χ1n) is 10.8. The van der Waals surface area contributed by atoms with E-state index in [1.54, 1.807) is 66.7 Å². The van der Waals surface area contributed by atoms with Gasteiger partial charge >= 0.3 is 5.97 Å². The summed E-state index contributed by atoms with van der Waals surface area (Å²) in [6, 6.07) is 19.3. The maximum absolute atomic E-state index is 12.6. The molecule has 4 amide bonds. The van der Waals surface area contributed by atoms with Gasteiger partial charge in [-0.25, -0.2) is 0 Å². The Labute approximate surface area is 200 Å². The van der Waals surface area contributed by atoms with Crippen LogP contribution >= 0.6 is 0 Å². The Morgan fingerprint density at radius 2 is 1.43 bits per heavy atom. The van der Waals surface area contributed by atoms with E-state index in [1.165, 1.54) is 13.0 Å². The summed E-state index contributed by atoms with van der Waals surface area (Å²) in [5, 5.41) is 5.43. The number of esters is 1. The van der Waals surface area contributed by atoms with Crippen molar-refractivity contribution in [1.29, 1.82) is 0 Å². The van der Waals surface area contributed by atoms with Crippen LogP contribution in [-0.4, -0.2) is 41.0 Å². The molecule has 0 spiro atoms. The van der Waals surface area contributed by atoms with Crippen LogP contribution in [0.2, 0.25) is 0 Å². The zero-order valence-electron chi connectivity index (χ0n) is 18.7. The Hall–Kier alpha value is -4.79. The molecule has 0 atom stereocenters. The van der Waals surface area contributed by atoms with Gasteiger partial charge in [-0.2, -0.15) is 0 Å². The van der Waals surface area contributed by atoms with E-state index in [-0.39, 0.29) is 24.6 Å². The fourth-order valence-electron chi connectivity index (χ4n) is 3.62. The maximum atomic E-state index is 12.6. The predicted molar refractivity (Wildman–Crippen MR) is 127 cm³/mol. The number of carbonyl (C=O) groups is 5. The molecule has 176 valence electrons. The van der Waals surface area contributed by atoms with Crippen molar-refractivity contribution in [2.45, 2.75) is 13.3 Å². The molecule has 0 radical (unpaired) electrons. The molecule has 2 N–H and O–H groups in total. The maximum Gasteiger partial charge on any atom is 0.308 e. The monoisotopic (exact) mass is 471 g/mol. The zero-order chi connectivity index (χ0) is 24.9. The lowest BCUT2D eigenvalue weighted by atomic mass is 10.1. The summed E-state index contributed by atoms with van der Waals surface area (Å²) in [6.45, 7) is 1.22. The molecule has 1 heterocycles. The number of nitrogens with one attached hydrogen (secondary N) is 2. The van der Waals surface area contributed by atoms with E-state index in [4.69, 9.17) is 4.74 Å². The number of fused-ring (bicyclic) bond motifs is 1. The molecule has 35 heavy (non-hydrogen) atoms. The number of ether oxygens (including phenoxy) is 1. The second-order valence-electron chi connectivity index (χ2n) is 7.76. The van der Waals surface area contributed by atoms with Gasteiger partial charge in [0.15, 0.2) is 0 Å². The smallest absolute Gasteiger partial charge is 0.308 e. The molecule has 1 aliphatic heterocycles. The van der Waals surface area contributed by atoms with E-state index in [9.17, 15) is 24.0 Å². The fourth-order valence-corrected chi connectivity index (χ4v) is 3.62. The summed E-state index contributed by atoms with van der Waals surface area (Å²) in [5.74, 6) is -1.88. The number of benzene rings is 3. The number of hydrogen-bond donors (Lipinski definition) is 2. The quantitative estimate of drug-likeness (QED) is 0.309. The molecule has 3 aromatic carbocycles. The first-order chi connectivity index (χ1) is 16.8. The van der Waals surface area contributed by atoms with Gasteiger partial charge in [0.2, 0.25) is 5.91 Å². The number of rotatable bonds is 7. The average molecular weight is 471 g/mol. The standard InChI is InChI=1S/C26H21N3O6/c1-16(30)35-20-9-4-6-17(14-20)24(32)28-19-8-5-7-18(15-19)27-23(31)12-13-29-25(33)21-10-2-3-11-22(21)26(29)34/h2-11,14-15H,12-13H2,1H3,(H,27,31)(H,28,32). The summed E-state index contributed by atoms with van der Waals surface area (Å²) >= 11 is 0. The predicted octanol–water partition coefficient (Wildman–Crippen LogP) is 3.49. The summed E-state index contributed by atoms with van der Waals surface area (Å²) in [7, 11) is 0. The van der Waals surface area contributed by atoms with Crippen molar-refractivity contribution in [3.8, 4) is 5.75 Å². The number of nitrogens with zero attached hydrogens (tertiary/aromatic N) is 1. The molecule has 0 saturated carbocycles. The second-order valence-corrected chi connectivity index (χ2v) is 7.76. The molecule has 0 aliphatic carbocycles. The summed E-state index contributed by atoms with van der Waals surface area (Å²) in [4.78, 5) is 62.1. The molecular weight excluding hydrogens is 450 g/mol. The highest BCUT2D eigenvalue weighted by Gasteiger charge is 2.34. The van der Waals surface area contributed by atoms with Crippen LogP contribution in [-0.2, 0) is 9.59 Å². The van der Waals surface area contributed by atoms with Gasteiger partial charge in [0, 0.05) is 36.8 Å². The lowest BCUT2D eigenvalue weighted by Crippen LogP contribution is -2.32. The first kappa shape index (κ1) is 23.4. The molecule has 0 aromatic heterocycles. The van der Waals surface area contributed by atoms with Crippen LogP contribution in [0.25, 0.3) is 0 Å². The van der Waals surface area contributed by atoms with Crippen molar-refractivity contribution in [1.82, 2.24) is 4.90 Å². The lowest BCUT2D eigenvalue weighted by Gasteiger charge is -2.14. The highest BCUT2D eigenvalue weighted by Crippen LogP contribution is 2.23. The van der Waals surface area contributed by atoms with Crippen molar-refractivity contribution >= 4 is 41.0 Å². The van der Waals surface area contributed by atoms with Gasteiger partial charge in [0.25, 0.3) is 17.7 Å². The number of amides is 4. The molecule has 9 heteroatoms. The molecular formula is C26H21N3O6. The summed E-state index contributed by atoms with van der Waals surface area (Å²) in [6.07, 6.45) is -0.0784. The topological polar surface area (TPSA) is 122 Å². The lowest BCUT2D eigenvalue weighted by molar-refractivity contribution is -0.131. The number of anilines is 2. The molecule has 1 aliphatic rings. The van der Waals surface area contributed by atoms with Crippen molar-refractivity contribution in [2.24, 2.45) is 0 Å². The van der Waals surface area contributed by atoms with E-state index in [2.05, 4.69) is 10.6 Å². The molecule has 9 nitrogen and oxygen atoms in total. The average Bonchev–Trinajstić information content (AvgIpc) is 3.07. The summed E-state index contributed by atoms with van der Waals surface area (Å²) in [5.41, 5.74) is 1.83. The third-order valence-corrected chi connectivity index (χ3v) is 5.20. The van der Waals surface area contributed by atoms with Gasteiger partial charge in [-0.05, 0) is 48.5 Å². The third-order valence-electron chi connectivity index (χ3n) is 5.20. The van der Waals surface area contributed by atoms with E-state index < -0.39 is 23.7 Å². The highest BCUT2D eigenvalue weighted by molar-refractivity contribution is 6.21. The number of imide groups is 1. The third kappa shape index (κ3) is 5.41. The molecule has 0 saturated heterocycles. The van der Waals surface area contributed by atoms with Crippen molar-refractivity contribution in [2.75, 3.05) is 17.2 Å². The van der Waals surface area contributed by atoms with Crippen molar-refractivity contribution < 1.29 is 28.7 Å². The van der Waals surface area contributed by atoms with Crippen molar-refractivity contribution in [3.05, 3.63) is 89.5 Å². The van der Waals surface area contributed by atoms with E-state index in [0.717, 1.165) is 4.90 Å². The van der Waals surface area contributed by atoms with E-state index >= 15 is 0 Å². The molecule has 0 fully saturated rings. The Bertz CT molecular complexity index is 1320. The Balaban J connectivity index is 1.34. The van der Waals surface area contributed by atoms with Crippen LogP contribution in [0.15, 0.2) is 72.8 Å². The van der Waals surface area contributed by atoms with Crippen LogP contribution < -0.4 is 15.4 Å². The minimum atomic E-state index is -0.492.